The minimum absolute atomic E-state index is 0.226. The zero-order chi connectivity index (χ0) is 20.5. The van der Waals surface area contributed by atoms with Gasteiger partial charge in [0.1, 0.15) is 17.3 Å². The third-order valence-electron chi connectivity index (χ3n) is 4.94. The van der Waals surface area contributed by atoms with E-state index in [2.05, 4.69) is 5.10 Å². The van der Waals surface area contributed by atoms with Crippen LogP contribution in [-0.4, -0.2) is 36.4 Å². The fourth-order valence-corrected chi connectivity index (χ4v) is 3.58. The maximum atomic E-state index is 14.3. The van der Waals surface area contributed by atoms with E-state index in [0.717, 1.165) is 17.1 Å². The lowest BCUT2D eigenvalue weighted by molar-refractivity contribution is 0.0961. The first-order chi connectivity index (χ1) is 14.0. The summed E-state index contributed by atoms with van der Waals surface area (Å²) in [5, 5.41) is 4.85. The summed E-state index contributed by atoms with van der Waals surface area (Å²) in [5.41, 5.74) is 2.45. The third kappa shape index (κ3) is 3.78. The van der Waals surface area contributed by atoms with Crippen LogP contribution in [0, 0.1) is 5.82 Å². The Balaban J connectivity index is 1.53. The van der Waals surface area contributed by atoms with Gasteiger partial charge in [-0.1, -0.05) is 11.6 Å². The van der Waals surface area contributed by atoms with E-state index in [-0.39, 0.29) is 11.6 Å². The molecule has 0 saturated carbocycles. The molecule has 0 N–H and O–H groups in total. The smallest absolute Gasteiger partial charge is 0.276 e. The average Bonchev–Trinajstić information content (AvgIpc) is 3.12. The maximum Gasteiger partial charge on any atom is 0.276 e. The van der Waals surface area contributed by atoms with Crippen LogP contribution in [0.4, 0.5) is 15.8 Å². The number of fused-ring (bicyclic) bond motifs is 1. The molecule has 3 aromatic rings. The number of amides is 1. The van der Waals surface area contributed by atoms with Crippen LogP contribution in [0.15, 0.2) is 48.5 Å². The minimum atomic E-state index is -0.515. The van der Waals surface area contributed by atoms with Crippen LogP contribution >= 0.6 is 11.6 Å². The highest BCUT2D eigenvalue weighted by atomic mass is 35.5. The molecule has 2 aromatic carbocycles. The molecule has 6 nitrogen and oxygen atoms in total. The standard InChI is InChI=1S/C21H20ClFN4O2/c1-25(16-4-6-17(29-2)7-5-16)13-15-12-20-21(28)26(9-10-27(20)24-15)19-8-3-14(22)11-18(19)23/h3-8,11-12H,9-10,13H2,1-2H3. The Morgan fingerprint density at radius 1 is 1.17 bits per heavy atom. The molecule has 0 aliphatic carbocycles. The van der Waals surface area contributed by atoms with Gasteiger partial charge in [0.2, 0.25) is 0 Å². The van der Waals surface area contributed by atoms with Gasteiger partial charge in [-0.2, -0.15) is 5.10 Å². The molecule has 29 heavy (non-hydrogen) atoms. The van der Waals surface area contributed by atoms with Gasteiger partial charge in [-0.3, -0.25) is 9.48 Å². The molecule has 0 fully saturated rings. The SMILES string of the molecule is COc1ccc(N(C)Cc2cc3n(n2)CCN(c2ccc(Cl)cc2F)C3=O)cc1. The lowest BCUT2D eigenvalue weighted by atomic mass is 10.2. The van der Waals surface area contributed by atoms with Crippen LogP contribution in [0.5, 0.6) is 5.75 Å². The summed E-state index contributed by atoms with van der Waals surface area (Å²) in [4.78, 5) is 16.4. The van der Waals surface area contributed by atoms with Crippen molar-refractivity contribution in [1.82, 2.24) is 9.78 Å². The second-order valence-corrected chi connectivity index (χ2v) is 7.29. The summed E-state index contributed by atoms with van der Waals surface area (Å²) >= 11 is 5.82. The highest BCUT2D eigenvalue weighted by molar-refractivity contribution is 6.30. The number of rotatable bonds is 5. The van der Waals surface area contributed by atoms with E-state index in [1.54, 1.807) is 23.9 Å². The van der Waals surface area contributed by atoms with Crippen molar-refractivity contribution in [2.75, 3.05) is 30.5 Å². The number of hydrogen-bond acceptors (Lipinski definition) is 4. The van der Waals surface area contributed by atoms with Gasteiger partial charge in [-0.05, 0) is 48.5 Å². The van der Waals surface area contributed by atoms with Crippen molar-refractivity contribution in [1.29, 1.82) is 0 Å². The summed E-state index contributed by atoms with van der Waals surface area (Å²) in [7, 11) is 3.59. The Morgan fingerprint density at radius 2 is 1.93 bits per heavy atom. The van der Waals surface area contributed by atoms with Gasteiger partial charge >= 0.3 is 0 Å². The molecule has 0 atom stereocenters. The Kier molecular flexibility index (Phi) is 5.15. The molecule has 0 unspecified atom stereocenters. The van der Waals surface area contributed by atoms with Crippen LogP contribution in [0.1, 0.15) is 16.2 Å². The number of hydrogen-bond donors (Lipinski definition) is 0. The molecule has 4 rings (SSSR count). The molecule has 0 saturated heterocycles. The van der Waals surface area contributed by atoms with Crippen molar-refractivity contribution in [3.63, 3.8) is 0 Å². The first kappa shape index (κ1) is 19.3. The molecular formula is C21H20ClFN4O2. The van der Waals surface area contributed by atoms with Gasteiger partial charge in [-0.15, -0.1) is 0 Å². The van der Waals surface area contributed by atoms with E-state index in [4.69, 9.17) is 16.3 Å². The highest BCUT2D eigenvalue weighted by Gasteiger charge is 2.29. The molecule has 0 radical (unpaired) electrons. The molecule has 8 heteroatoms. The van der Waals surface area contributed by atoms with Crippen LogP contribution in [-0.2, 0) is 13.1 Å². The number of nitrogens with zero attached hydrogens (tertiary/aromatic N) is 4. The number of ether oxygens (including phenoxy) is 1. The topological polar surface area (TPSA) is 50.6 Å². The van der Waals surface area contributed by atoms with Crippen LogP contribution < -0.4 is 14.5 Å². The Hall–Kier alpha value is -3.06. The number of carbonyl (C=O) groups is 1. The van der Waals surface area contributed by atoms with Crippen LogP contribution in [0.2, 0.25) is 5.02 Å². The number of aromatic nitrogens is 2. The number of halogens is 2. The average molecular weight is 415 g/mol. The summed E-state index contributed by atoms with van der Waals surface area (Å²) in [6, 6.07) is 13.8. The zero-order valence-corrected chi connectivity index (χ0v) is 16.9. The van der Waals surface area contributed by atoms with Gasteiger partial charge in [0, 0.05) is 24.3 Å². The first-order valence-electron chi connectivity index (χ1n) is 9.15. The van der Waals surface area contributed by atoms with E-state index in [1.807, 2.05) is 36.2 Å². The molecule has 1 aromatic heterocycles. The number of anilines is 2. The summed E-state index contributed by atoms with van der Waals surface area (Å²) in [6.07, 6.45) is 0. The number of methoxy groups -OCH3 is 1. The van der Waals surface area contributed by atoms with E-state index in [0.29, 0.717) is 30.4 Å². The Labute approximate surface area is 173 Å². The van der Waals surface area contributed by atoms with Crippen LogP contribution in [0.3, 0.4) is 0 Å². The largest absolute Gasteiger partial charge is 0.497 e. The Morgan fingerprint density at radius 3 is 2.62 bits per heavy atom. The predicted molar refractivity (Wildman–Crippen MR) is 110 cm³/mol. The van der Waals surface area contributed by atoms with E-state index in [9.17, 15) is 9.18 Å². The minimum Gasteiger partial charge on any atom is -0.497 e. The molecule has 0 spiro atoms. The predicted octanol–water partition coefficient (Wildman–Crippen LogP) is 3.98. The van der Waals surface area contributed by atoms with Crippen molar-refractivity contribution in [3.8, 4) is 5.75 Å². The fraction of sp³-hybridized carbons (Fsp3) is 0.238. The molecule has 150 valence electrons. The maximum absolute atomic E-state index is 14.3. The second kappa shape index (κ2) is 7.75. The number of benzene rings is 2. The lowest BCUT2D eigenvalue weighted by Gasteiger charge is -2.27. The van der Waals surface area contributed by atoms with Gasteiger partial charge in [0.05, 0.1) is 31.6 Å². The molecule has 0 bridgehead atoms. The summed E-state index contributed by atoms with van der Waals surface area (Å²) in [6.45, 7) is 1.38. The van der Waals surface area contributed by atoms with Gasteiger partial charge in [-0.25, -0.2) is 4.39 Å². The highest BCUT2D eigenvalue weighted by Crippen LogP contribution is 2.27. The van der Waals surface area contributed by atoms with Crippen molar-refractivity contribution in [2.45, 2.75) is 13.1 Å². The lowest BCUT2D eigenvalue weighted by Crippen LogP contribution is -2.40. The molecule has 1 amide bonds. The molecule has 1 aliphatic rings. The van der Waals surface area contributed by atoms with E-state index in [1.165, 1.54) is 17.0 Å². The first-order valence-corrected chi connectivity index (χ1v) is 9.53. The van der Waals surface area contributed by atoms with E-state index >= 15 is 0 Å². The Bertz CT molecular complexity index is 1050. The van der Waals surface area contributed by atoms with Crippen molar-refractivity contribution >= 4 is 28.9 Å². The second-order valence-electron chi connectivity index (χ2n) is 6.85. The van der Waals surface area contributed by atoms with Gasteiger partial charge in [0.15, 0.2) is 0 Å². The van der Waals surface area contributed by atoms with Crippen molar-refractivity contribution < 1.29 is 13.9 Å². The normalized spacial score (nSPS) is 13.4. The third-order valence-corrected chi connectivity index (χ3v) is 5.18. The molecular weight excluding hydrogens is 395 g/mol. The number of carbonyl (C=O) groups excluding carboxylic acids is 1. The quantitative estimate of drug-likeness (QED) is 0.633. The monoisotopic (exact) mass is 414 g/mol. The molecule has 2 heterocycles. The van der Waals surface area contributed by atoms with Crippen LogP contribution in [0.25, 0.3) is 0 Å². The summed E-state index contributed by atoms with van der Waals surface area (Å²) < 4.78 is 21.2. The summed E-state index contributed by atoms with van der Waals surface area (Å²) in [5.74, 6) is 0.00123. The van der Waals surface area contributed by atoms with Gasteiger partial charge in [0.25, 0.3) is 5.91 Å². The van der Waals surface area contributed by atoms with Crippen molar-refractivity contribution in [2.24, 2.45) is 0 Å². The van der Waals surface area contributed by atoms with E-state index < -0.39 is 5.82 Å². The van der Waals surface area contributed by atoms with Crippen molar-refractivity contribution in [3.05, 3.63) is 70.8 Å². The van der Waals surface area contributed by atoms with Gasteiger partial charge < -0.3 is 14.5 Å². The fourth-order valence-electron chi connectivity index (χ4n) is 3.43. The zero-order valence-electron chi connectivity index (χ0n) is 16.1. The molecule has 1 aliphatic heterocycles.